The summed E-state index contributed by atoms with van der Waals surface area (Å²) in [6, 6.07) is 7.52. The van der Waals surface area contributed by atoms with E-state index in [0.29, 0.717) is 10.9 Å². The van der Waals surface area contributed by atoms with Crippen LogP contribution in [-0.4, -0.2) is 18.2 Å². The van der Waals surface area contributed by atoms with Crippen molar-refractivity contribution in [3.05, 3.63) is 34.9 Å². The topological polar surface area (TPSA) is 32.3 Å². The molecule has 2 nitrogen and oxygen atoms in total. The maximum absolute atomic E-state index is 10.6. The second-order valence-electron chi connectivity index (χ2n) is 4.68. The Morgan fingerprint density at radius 2 is 1.81 bits per heavy atom. The summed E-state index contributed by atoms with van der Waals surface area (Å²) >= 11 is 5.86. The van der Waals surface area contributed by atoms with E-state index >= 15 is 0 Å². The van der Waals surface area contributed by atoms with Gasteiger partial charge in [-0.05, 0) is 56.5 Å². The molecule has 16 heavy (non-hydrogen) atoms. The van der Waals surface area contributed by atoms with Crippen LogP contribution in [0.25, 0.3) is 0 Å². The molecule has 0 bridgehead atoms. The largest absolute Gasteiger partial charge is 0.385 e. The zero-order valence-electron chi connectivity index (χ0n) is 9.54. The molecule has 1 aliphatic heterocycles. The van der Waals surface area contributed by atoms with E-state index in [0.717, 1.165) is 31.5 Å². The van der Waals surface area contributed by atoms with Gasteiger partial charge < -0.3 is 10.4 Å². The summed E-state index contributed by atoms with van der Waals surface area (Å²) in [4.78, 5) is 0. The number of aliphatic hydroxyl groups is 1. The summed E-state index contributed by atoms with van der Waals surface area (Å²) in [5, 5.41) is 14.7. The van der Waals surface area contributed by atoms with Crippen molar-refractivity contribution in [3.8, 4) is 0 Å². The van der Waals surface area contributed by atoms with Gasteiger partial charge in [0.2, 0.25) is 0 Å². The van der Waals surface area contributed by atoms with Gasteiger partial charge in [-0.15, -0.1) is 0 Å². The predicted molar refractivity (Wildman–Crippen MR) is 66.6 cm³/mol. The van der Waals surface area contributed by atoms with Gasteiger partial charge in [0.25, 0.3) is 0 Å². The van der Waals surface area contributed by atoms with Crippen LogP contribution in [0.1, 0.15) is 25.3 Å². The zero-order valence-corrected chi connectivity index (χ0v) is 10.3. The van der Waals surface area contributed by atoms with Crippen LogP contribution in [0.5, 0.6) is 0 Å². The first-order valence-corrected chi connectivity index (χ1v) is 6.17. The van der Waals surface area contributed by atoms with Crippen LogP contribution < -0.4 is 5.32 Å². The van der Waals surface area contributed by atoms with Crippen molar-refractivity contribution in [2.45, 2.75) is 25.4 Å². The second kappa shape index (κ2) is 4.74. The standard InChI is InChI=1S/C13H18ClNO/c1-13(16,11-6-8-15-9-7-11)10-2-4-12(14)5-3-10/h2-5,11,15-16H,6-9H2,1H3/t13-/m1/s1. The fourth-order valence-corrected chi connectivity index (χ4v) is 2.53. The molecule has 1 fully saturated rings. The molecule has 0 amide bonds. The van der Waals surface area contributed by atoms with Crippen LogP contribution in [-0.2, 0) is 5.60 Å². The van der Waals surface area contributed by atoms with E-state index in [-0.39, 0.29) is 0 Å². The third-order valence-corrected chi connectivity index (χ3v) is 3.81. The Bertz CT molecular complexity index is 341. The third-order valence-electron chi connectivity index (χ3n) is 3.56. The van der Waals surface area contributed by atoms with Crippen molar-refractivity contribution in [2.75, 3.05) is 13.1 Å². The number of rotatable bonds is 2. The summed E-state index contributed by atoms with van der Waals surface area (Å²) in [7, 11) is 0. The van der Waals surface area contributed by atoms with Gasteiger partial charge in [0.1, 0.15) is 0 Å². The highest BCUT2D eigenvalue weighted by Crippen LogP contribution is 2.35. The van der Waals surface area contributed by atoms with E-state index in [9.17, 15) is 5.11 Å². The summed E-state index contributed by atoms with van der Waals surface area (Å²) < 4.78 is 0. The van der Waals surface area contributed by atoms with Crippen molar-refractivity contribution >= 4 is 11.6 Å². The SMILES string of the molecule is C[C@@](O)(c1ccc(Cl)cc1)C1CCNCC1. The Labute approximate surface area is 102 Å². The lowest BCUT2D eigenvalue weighted by molar-refractivity contribution is -0.0186. The van der Waals surface area contributed by atoms with Gasteiger partial charge >= 0.3 is 0 Å². The van der Waals surface area contributed by atoms with E-state index in [1.165, 1.54) is 0 Å². The number of hydrogen-bond donors (Lipinski definition) is 2. The highest BCUT2D eigenvalue weighted by molar-refractivity contribution is 6.30. The lowest BCUT2D eigenvalue weighted by Crippen LogP contribution is -2.39. The van der Waals surface area contributed by atoms with Crippen LogP contribution in [0.3, 0.4) is 0 Å². The van der Waals surface area contributed by atoms with E-state index in [1.54, 1.807) is 0 Å². The molecule has 1 heterocycles. The van der Waals surface area contributed by atoms with E-state index in [1.807, 2.05) is 31.2 Å². The van der Waals surface area contributed by atoms with Gasteiger partial charge in [0, 0.05) is 5.02 Å². The lowest BCUT2D eigenvalue weighted by atomic mass is 9.78. The highest BCUT2D eigenvalue weighted by Gasteiger charge is 2.34. The molecule has 0 spiro atoms. The fourth-order valence-electron chi connectivity index (χ4n) is 2.41. The van der Waals surface area contributed by atoms with Crippen molar-refractivity contribution in [1.29, 1.82) is 0 Å². The third kappa shape index (κ3) is 2.40. The first-order valence-electron chi connectivity index (χ1n) is 5.80. The molecular formula is C13H18ClNO. The van der Waals surface area contributed by atoms with Crippen LogP contribution in [0.15, 0.2) is 24.3 Å². The van der Waals surface area contributed by atoms with E-state index < -0.39 is 5.60 Å². The first-order chi connectivity index (χ1) is 7.60. The van der Waals surface area contributed by atoms with Gasteiger partial charge in [-0.3, -0.25) is 0 Å². The quantitative estimate of drug-likeness (QED) is 0.832. The Morgan fingerprint density at radius 1 is 1.25 bits per heavy atom. The van der Waals surface area contributed by atoms with Gasteiger partial charge in [0.15, 0.2) is 0 Å². The minimum Gasteiger partial charge on any atom is -0.385 e. The normalized spacial score (nSPS) is 21.7. The zero-order chi connectivity index (χ0) is 11.6. The number of piperidine rings is 1. The molecule has 1 saturated heterocycles. The molecule has 0 saturated carbocycles. The van der Waals surface area contributed by atoms with E-state index in [2.05, 4.69) is 5.32 Å². The van der Waals surface area contributed by atoms with Crippen molar-refractivity contribution < 1.29 is 5.11 Å². The molecule has 88 valence electrons. The Morgan fingerprint density at radius 3 is 2.38 bits per heavy atom. The van der Waals surface area contributed by atoms with Crippen molar-refractivity contribution in [2.24, 2.45) is 5.92 Å². The number of nitrogens with one attached hydrogen (secondary N) is 1. The smallest absolute Gasteiger partial charge is 0.0897 e. The molecule has 1 atom stereocenters. The lowest BCUT2D eigenvalue weighted by Gasteiger charge is -2.36. The minimum atomic E-state index is -0.743. The highest BCUT2D eigenvalue weighted by atomic mass is 35.5. The summed E-state index contributed by atoms with van der Waals surface area (Å²) in [6.45, 7) is 3.90. The number of benzene rings is 1. The first kappa shape index (κ1) is 11.9. The predicted octanol–water partition coefficient (Wildman–Crippen LogP) is 2.55. The summed E-state index contributed by atoms with van der Waals surface area (Å²) in [5.74, 6) is 0.329. The second-order valence-corrected chi connectivity index (χ2v) is 5.12. The monoisotopic (exact) mass is 239 g/mol. The Balaban J connectivity index is 2.19. The van der Waals surface area contributed by atoms with Gasteiger partial charge in [-0.25, -0.2) is 0 Å². The average molecular weight is 240 g/mol. The Kier molecular flexibility index (Phi) is 3.53. The molecule has 0 radical (unpaired) electrons. The molecular weight excluding hydrogens is 222 g/mol. The maximum atomic E-state index is 10.6. The van der Waals surface area contributed by atoms with Crippen molar-refractivity contribution in [3.63, 3.8) is 0 Å². The molecule has 1 aliphatic rings. The molecule has 3 heteroatoms. The molecule has 1 aromatic carbocycles. The average Bonchev–Trinajstić information content (AvgIpc) is 2.31. The van der Waals surface area contributed by atoms with Gasteiger partial charge in [-0.2, -0.15) is 0 Å². The fraction of sp³-hybridized carbons (Fsp3) is 0.538. The summed E-state index contributed by atoms with van der Waals surface area (Å²) in [6.07, 6.45) is 2.05. The van der Waals surface area contributed by atoms with Crippen LogP contribution in [0.4, 0.5) is 0 Å². The molecule has 0 aromatic heterocycles. The Hall–Kier alpha value is -0.570. The summed E-state index contributed by atoms with van der Waals surface area (Å²) in [5.41, 5.74) is 0.218. The maximum Gasteiger partial charge on any atom is 0.0897 e. The molecule has 2 N–H and O–H groups in total. The van der Waals surface area contributed by atoms with Crippen LogP contribution in [0, 0.1) is 5.92 Å². The molecule has 0 aliphatic carbocycles. The van der Waals surface area contributed by atoms with Crippen LogP contribution in [0.2, 0.25) is 5.02 Å². The van der Waals surface area contributed by atoms with Gasteiger partial charge in [0.05, 0.1) is 5.60 Å². The van der Waals surface area contributed by atoms with Gasteiger partial charge in [-0.1, -0.05) is 23.7 Å². The number of halogens is 1. The van der Waals surface area contributed by atoms with E-state index in [4.69, 9.17) is 11.6 Å². The molecule has 0 unspecified atom stereocenters. The molecule has 1 aromatic rings. The van der Waals surface area contributed by atoms with Crippen molar-refractivity contribution in [1.82, 2.24) is 5.32 Å². The number of hydrogen-bond acceptors (Lipinski definition) is 2. The van der Waals surface area contributed by atoms with Crippen LogP contribution >= 0.6 is 11.6 Å². The minimum absolute atomic E-state index is 0.329. The molecule has 2 rings (SSSR count).